The summed E-state index contributed by atoms with van der Waals surface area (Å²) in [4.78, 5) is 7.44. The van der Waals surface area contributed by atoms with Gasteiger partial charge in [-0.2, -0.15) is 0 Å². The average molecular weight is 371 g/mol. The molecule has 2 aromatic heterocycles. The van der Waals surface area contributed by atoms with E-state index in [9.17, 15) is 17.6 Å². The van der Waals surface area contributed by atoms with Gasteiger partial charge in [0.15, 0.2) is 0 Å². The van der Waals surface area contributed by atoms with Crippen LogP contribution in [0.2, 0.25) is 0 Å². The normalized spacial score (nSPS) is 12.8. The molecule has 2 aromatic rings. The van der Waals surface area contributed by atoms with Crippen molar-refractivity contribution in [3.8, 4) is 17.0 Å². The molecular weight excluding hydrogens is 350 g/mol. The fourth-order valence-electron chi connectivity index (χ4n) is 2.50. The molecule has 0 aliphatic heterocycles. The van der Waals surface area contributed by atoms with Crippen molar-refractivity contribution in [2.24, 2.45) is 11.7 Å². The summed E-state index contributed by atoms with van der Waals surface area (Å²) in [7, 11) is 0. The molecular formula is C18H21F4N3O. The van der Waals surface area contributed by atoms with Crippen LogP contribution in [0, 0.1) is 5.92 Å². The average Bonchev–Trinajstić information content (AvgIpc) is 2.59. The molecule has 2 heterocycles. The molecule has 0 aliphatic rings. The predicted octanol–water partition coefficient (Wildman–Crippen LogP) is 4.77. The van der Waals surface area contributed by atoms with Crippen LogP contribution in [-0.2, 0) is 0 Å². The van der Waals surface area contributed by atoms with Gasteiger partial charge in [-0.25, -0.2) is 22.5 Å². The molecule has 0 saturated carbocycles. The number of hydrogen-bond donors (Lipinski definition) is 1. The summed E-state index contributed by atoms with van der Waals surface area (Å²) in [5, 5.41) is 0. The van der Waals surface area contributed by atoms with Gasteiger partial charge in [0.1, 0.15) is 23.7 Å². The number of pyridine rings is 2. The lowest BCUT2D eigenvalue weighted by atomic mass is 10.1. The zero-order valence-electron chi connectivity index (χ0n) is 14.5. The number of rotatable bonds is 8. The molecule has 142 valence electrons. The molecule has 0 bridgehead atoms. The van der Waals surface area contributed by atoms with E-state index < -0.39 is 24.2 Å². The highest BCUT2D eigenvalue weighted by atomic mass is 19.3. The van der Waals surface area contributed by atoms with Gasteiger partial charge in [0, 0.05) is 17.8 Å². The molecule has 26 heavy (non-hydrogen) atoms. The first kappa shape index (κ1) is 20.1. The van der Waals surface area contributed by atoms with Crippen molar-refractivity contribution < 1.29 is 22.3 Å². The summed E-state index contributed by atoms with van der Waals surface area (Å²) >= 11 is 0. The quantitative estimate of drug-likeness (QED) is 0.679. The summed E-state index contributed by atoms with van der Waals surface area (Å²) in [6, 6.07) is 5.08. The monoisotopic (exact) mass is 371 g/mol. The summed E-state index contributed by atoms with van der Waals surface area (Å²) < 4.78 is 57.7. The van der Waals surface area contributed by atoms with Gasteiger partial charge in [0.2, 0.25) is 0 Å². The first-order valence-corrected chi connectivity index (χ1v) is 8.19. The lowest BCUT2D eigenvalue weighted by molar-refractivity contribution is 0.138. The number of halogens is 4. The maximum atomic E-state index is 13.4. The minimum absolute atomic E-state index is 0.0638. The third-order valence-electron chi connectivity index (χ3n) is 3.62. The van der Waals surface area contributed by atoms with E-state index in [0.29, 0.717) is 12.3 Å². The summed E-state index contributed by atoms with van der Waals surface area (Å²) in [5.41, 5.74) is 5.34. The Kier molecular flexibility index (Phi) is 6.90. The van der Waals surface area contributed by atoms with E-state index in [1.54, 1.807) is 0 Å². The van der Waals surface area contributed by atoms with E-state index in [0.717, 1.165) is 6.07 Å². The molecule has 0 aromatic carbocycles. The van der Waals surface area contributed by atoms with Gasteiger partial charge in [-0.3, -0.25) is 4.98 Å². The van der Waals surface area contributed by atoms with Crippen molar-refractivity contribution in [3.05, 3.63) is 41.9 Å². The molecule has 0 aliphatic carbocycles. The Bertz CT molecular complexity index is 725. The molecule has 2 rings (SSSR count). The molecule has 0 fully saturated rings. The number of hydrogen-bond acceptors (Lipinski definition) is 4. The van der Waals surface area contributed by atoms with Crippen molar-refractivity contribution in [1.29, 1.82) is 0 Å². The van der Waals surface area contributed by atoms with Crippen LogP contribution in [0.15, 0.2) is 30.5 Å². The highest BCUT2D eigenvalue weighted by Gasteiger charge is 2.19. The number of aromatic nitrogens is 2. The van der Waals surface area contributed by atoms with Crippen LogP contribution in [0.3, 0.4) is 0 Å². The lowest BCUT2D eigenvalue weighted by Gasteiger charge is -2.17. The van der Waals surface area contributed by atoms with Crippen LogP contribution in [0.4, 0.5) is 17.6 Å². The van der Waals surface area contributed by atoms with Gasteiger partial charge in [-0.1, -0.05) is 13.8 Å². The maximum absolute atomic E-state index is 13.4. The van der Waals surface area contributed by atoms with Crippen molar-refractivity contribution >= 4 is 0 Å². The van der Waals surface area contributed by atoms with E-state index in [1.165, 1.54) is 24.4 Å². The zero-order valence-corrected chi connectivity index (χ0v) is 14.5. The van der Waals surface area contributed by atoms with E-state index in [4.69, 9.17) is 10.5 Å². The summed E-state index contributed by atoms with van der Waals surface area (Å²) in [6.45, 7) is 4.09. The van der Waals surface area contributed by atoms with E-state index >= 15 is 0 Å². The Morgan fingerprint density at radius 3 is 2.42 bits per heavy atom. The molecule has 1 unspecified atom stereocenters. The van der Waals surface area contributed by atoms with Crippen LogP contribution in [0.5, 0.6) is 5.75 Å². The Hall–Kier alpha value is -2.22. The third-order valence-corrected chi connectivity index (χ3v) is 3.62. The summed E-state index contributed by atoms with van der Waals surface area (Å²) in [5.74, 6) is 0.297. The minimum Gasteiger partial charge on any atom is -0.490 e. The number of nitrogens with zero attached hydrogens (tertiary/aromatic N) is 2. The second-order valence-electron chi connectivity index (χ2n) is 6.35. The fourth-order valence-corrected chi connectivity index (χ4v) is 2.50. The molecule has 1 atom stereocenters. The smallest absolute Gasteiger partial charge is 0.284 e. The molecule has 0 amide bonds. The first-order valence-electron chi connectivity index (χ1n) is 8.19. The topological polar surface area (TPSA) is 61.0 Å². The van der Waals surface area contributed by atoms with Gasteiger partial charge >= 0.3 is 0 Å². The lowest BCUT2D eigenvalue weighted by Crippen LogP contribution is -2.29. The third kappa shape index (κ3) is 5.39. The minimum atomic E-state index is -2.87. The van der Waals surface area contributed by atoms with Crippen molar-refractivity contribution in [2.75, 3.05) is 6.61 Å². The van der Waals surface area contributed by atoms with Gasteiger partial charge in [0.05, 0.1) is 5.69 Å². The number of alkyl halides is 4. The Labute approximate surface area is 149 Å². The van der Waals surface area contributed by atoms with E-state index in [1.807, 2.05) is 13.8 Å². The molecule has 2 N–H and O–H groups in total. The Morgan fingerprint density at radius 1 is 1.08 bits per heavy atom. The van der Waals surface area contributed by atoms with E-state index in [2.05, 4.69) is 9.97 Å². The van der Waals surface area contributed by atoms with Crippen LogP contribution >= 0.6 is 0 Å². The van der Waals surface area contributed by atoms with Crippen molar-refractivity contribution in [2.45, 2.75) is 39.2 Å². The first-order chi connectivity index (χ1) is 12.3. The number of ether oxygens (including phenoxy) is 1. The summed E-state index contributed by atoms with van der Waals surface area (Å²) in [6.07, 6.45) is -3.74. The van der Waals surface area contributed by atoms with Gasteiger partial charge in [-0.05, 0) is 36.6 Å². The standard InChI is InChI=1S/C18H21F4N3O/c1-10(2)7-12(23)9-26-15-4-3-13(25-16(15)18(21)22)11-5-6-24-14(8-11)17(19)20/h3-6,8,10,12,17-18H,7,9,23H2,1-2H3. The van der Waals surface area contributed by atoms with Crippen LogP contribution in [0.25, 0.3) is 11.3 Å². The van der Waals surface area contributed by atoms with Crippen LogP contribution < -0.4 is 10.5 Å². The molecule has 0 saturated heterocycles. The molecule has 0 spiro atoms. The highest BCUT2D eigenvalue weighted by molar-refractivity contribution is 5.60. The van der Waals surface area contributed by atoms with Crippen molar-refractivity contribution in [1.82, 2.24) is 9.97 Å². The van der Waals surface area contributed by atoms with Crippen molar-refractivity contribution in [3.63, 3.8) is 0 Å². The Balaban J connectivity index is 2.24. The van der Waals surface area contributed by atoms with E-state index in [-0.39, 0.29) is 29.7 Å². The predicted molar refractivity (Wildman–Crippen MR) is 90.3 cm³/mol. The molecule has 0 radical (unpaired) electrons. The number of nitrogens with two attached hydrogens (primary N) is 1. The van der Waals surface area contributed by atoms with Gasteiger partial charge < -0.3 is 10.5 Å². The fraction of sp³-hybridized carbons (Fsp3) is 0.444. The maximum Gasteiger partial charge on any atom is 0.284 e. The van der Waals surface area contributed by atoms with Crippen LogP contribution in [0.1, 0.15) is 44.5 Å². The van der Waals surface area contributed by atoms with Gasteiger partial charge in [-0.15, -0.1) is 0 Å². The second-order valence-corrected chi connectivity index (χ2v) is 6.35. The molecule has 4 nitrogen and oxygen atoms in total. The molecule has 8 heteroatoms. The van der Waals surface area contributed by atoms with Gasteiger partial charge in [0.25, 0.3) is 12.9 Å². The SMILES string of the molecule is CC(C)CC(N)COc1ccc(-c2ccnc(C(F)F)c2)nc1C(F)F. The second kappa shape index (κ2) is 8.93. The largest absolute Gasteiger partial charge is 0.490 e. The zero-order chi connectivity index (χ0) is 19.3. The highest BCUT2D eigenvalue weighted by Crippen LogP contribution is 2.31. The van der Waals surface area contributed by atoms with Crippen LogP contribution in [-0.4, -0.2) is 22.6 Å². The Morgan fingerprint density at radius 2 is 1.81 bits per heavy atom.